The predicted molar refractivity (Wildman–Crippen MR) is 85.0 cm³/mol. The second-order valence-corrected chi connectivity index (χ2v) is 5.57. The van der Waals surface area contributed by atoms with Crippen LogP contribution in [0.3, 0.4) is 0 Å². The van der Waals surface area contributed by atoms with E-state index in [1.165, 1.54) is 6.92 Å². The normalized spacial score (nSPS) is 14.5. The summed E-state index contributed by atoms with van der Waals surface area (Å²) in [5, 5.41) is 0. The van der Waals surface area contributed by atoms with Gasteiger partial charge in [-0.05, 0) is 19.1 Å². The third kappa shape index (κ3) is 5.39. The number of rotatable bonds is 6. The maximum atomic E-state index is 12.1. The van der Waals surface area contributed by atoms with Crippen molar-refractivity contribution in [3.63, 3.8) is 0 Å². The maximum Gasteiger partial charge on any atom is 0.260 e. The van der Waals surface area contributed by atoms with Crippen molar-refractivity contribution in [1.82, 2.24) is 9.80 Å². The average molecular weight is 318 g/mol. The number of ether oxygens (including phenoxy) is 1. The molecule has 2 amide bonds. The van der Waals surface area contributed by atoms with E-state index in [4.69, 9.17) is 4.74 Å². The molecule has 0 aliphatic carbocycles. The Kier molecular flexibility index (Phi) is 6.14. The summed E-state index contributed by atoms with van der Waals surface area (Å²) in [5.74, 6) is 0.585. The lowest BCUT2D eigenvalue weighted by atomic mass is 10.2. The zero-order valence-corrected chi connectivity index (χ0v) is 13.4. The number of Topliss-reactive ketones (excluding diaryl/α,β-unsaturated/α-hetero) is 1. The highest BCUT2D eigenvalue weighted by Gasteiger charge is 2.24. The van der Waals surface area contributed by atoms with Crippen molar-refractivity contribution in [3.8, 4) is 5.75 Å². The van der Waals surface area contributed by atoms with Crippen LogP contribution >= 0.6 is 0 Å². The lowest BCUT2D eigenvalue weighted by Crippen LogP contribution is -2.51. The van der Waals surface area contributed by atoms with Crippen LogP contribution in [0.1, 0.15) is 19.8 Å². The van der Waals surface area contributed by atoms with Crippen molar-refractivity contribution in [2.75, 3.05) is 32.8 Å². The van der Waals surface area contributed by atoms with Crippen molar-refractivity contribution in [2.24, 2.45) is 0 Å². The molecule has 0 bridgehead atoms. The maximum absolute atomic E-state index is 12.1. The molecule has 124 valence electrons. The molecule has 2 rings (SSSR count). The Labute approximate surface area is 136 Å². The van der Waals surface area contributed by atoms with Crippen molar-refractivity contribution >= 4 is 17.6 Å². The Bertz CT molecular complexity index is 551. The number of piperazine rings is 1. The summed E-state index contributed by atoms with van der Waals surface area (Å²) in [6.45, 7) is 3.51. The highest BCUT2D eigenvalue weighted by Crippen LogP contribution is 2.10. The Hall–Kier alpha value is -2.37. The van der Waals surface area contributed by atoms with Crippen LogP contribution in [0.5, 0.6) is 5.75 Å². The second kappa shape index (κ2) is 8.31. The van der Waals surface area contributed by atoms with Gasteiger partial charge in [0, 0.05) is 39.0 Å². The van der Waals surface area contributed by atoms with Crippen LogP contribution in [-0.4, -0.2) is 60.2 Å². The smallest absolute Gasteiger partial charge is 0.260 e. The predicted octanol–water partition coefficient (Wildman–Crippen LogP) is 1.11. The van der Waals surface area contributed by atoms with Gasteiger partial charge in [0.15, 0.2) is 6.61 Å². The number of ketones is 1. The molecule has 0 saturated carbocycles. The fourth-order valence-electron chi connectivity index (χ4n) is 2.40. The van der Waals surface area contributed by atoms with Crippen molar-refractivity contribution in [3.05, 3.63) is 30.3 Å². The van der Waals surface area contributed by atoms with Gasteiger partial charge in [0.2, 0.25) is 5.91 Å². The Morgan fingerprint density at radius 2 is 1.48 bits per heavy atom. The number of amides is 2. The van der Waals surface area contributed by atoms with Gasteiger partial charge in [-0.2, -0.15) is 0 Å². The Morgan fingerprint density at radius 3 is 2.04 bits per heavy atom. The van der Waals surface area contributed by atoms with Gasteiger partial charge in [0.1, 0.15) is 11.5 Å². The molecule has 0 N–H and O–H groups in total. The largest absolute Gasteiger partial charge is 0.484 e. The van der Waals surface area contributed by atoms with Crippen LogP contribution in [0.2, 0.25) is 0 Å². The monoisotopic (exact) mass is 318 g/mol. The third-order valence-electron chi connectivity index (χ3n) is 3.78. The van der Waals surface area contributed by atoms with Gasteiger partial charge in [-0.15, -0.1) is 0 Å². The van der Waals surface area contributed by atoms with Crippen LogP contribution in [0.15, 0.2) is 30.3 Å². The molecule has 0 aromatic heterocycles. The zero-order chi connectivity index (χ0) is 16.7. The molecule has 0 spiro atoms. The van der Waals surface area contributed by atoms with Gasteiger partial charge in [-0.3, -0.25) is 9.59 Å². The molecule has 1 fully saturated rings. The van der Waals surface area contributed by atoms with Crippen molar-refractivity contribution in [1.29, 1.82) is 0 Å². The molecule has 0 atom stereocenters. The molecule has 1 aromatic carbocycles. The first-order valence-electron chi connectivity index (χ1n) is 7.79. The summed E-state index contributed by atoms with van der Waals surface area (Å²) >= 11 is 0. The first-order chi connectivity index (χ1) is 11.1. The van der Waals surface area contributed by atoms with Crippen LogP contribution in [0, 0.1) is 0 Å². The molecule has 6 nitrogen and oxygen atoms in total. The van der Waals surface area contributed by atoms with Crippen molar-refractivity contribution < 1.29 is 19.1 Å². The lowest BCUT2D eigenvalue weighted by molar-refractivity contribution is -0.141. The van der Waals surface area contributed by atoms with Crippen LogP contribution in [-0.2, 0) is 14.4 Å². The summed E-state index contributed by atoms with van der Waals surface area (Å²) in [6.07, 6.45) is 0.531. The molecule has 1 aromatic rings. The Balaban J connectivity index is 1.72. The number of hydrogen-bond acceptors (Lipinski definition) is 4. The van der Waals surface area contributed by atoms with Crippen molar-refractivity contribution in [2.45, 2.75) is 19.8 Å². The number of carbonyl (C=O) groups is 3. The fourth-order valence-corrected chi connectivity index (χ4v) is 2.40. The first kappa shape index (κ1) is 17.0. The van der Waals surface area contributed by atoms with Gasteiger partial charge in [-0.1, -0.05) is 18.2 Å². The number of hydrogen-bond donors (Lipinski definition) is 0. The first-order valence-corrected chi connectivity index (χ1v) is 7.79. The molecule has 6 heteroatoms. The van der Waals surface area contributed by atoms with E-state index in [1.54, 1.807) is 21.9 Å². The highest BCUT2D eigenvalue weighted by molar-refractivity contribution is 5.84. The topological polar surface area (TPSA) is 66.9 Å². The highest BCUT2D eigenvalue weighted by atomic mass is 16.5. The van der Waals surface area contributed by atoms with E-state index >= 15 is 0 Å². The zero-order valence-electron chi connectivity index (χ0n) is 13.4. The van der Waals surface area contributed by atoms with E-state index in [-0.39, 0.29) is 37.0 Å². The van der Waals surface area contributed by atoms with E-state index < -0.39 is 0 Å². The SMILES string of the molecule is CC(=O)CCC(=O)N1CCN(C(=O)COc2ccccc2)CC1. The summed E-state index contributed by atoms with van der Waals surface area (Å²) in [7, 11) is 0. The summed E-state index contributed by atoms with van der Waals surface area (Å²) in [5.41, 5.74) is 0. The molecular formula is C17H22N2O4. The summed E-state index contributed by atoms with van der Waals surface area (Å²) in [6, 6.07) is 9.20. The molecule has 1 saturated heterocycles. The molecule has 1 aliphatic heterocycles. The fraction of sp³-hybridized carbons (Fsp3) is 0.471. The molecule has 1 aliphatic rings. The van der Waals surface area contributed by atoms with E-state index in [2.05, 4.69) is 0 Å². The Morgan fingerprint density at radius 1 is 0.913 bits per heavy atom. The quantitative estimate of drug-likeness (QED) is 0.788. The minimum absolute atomic E-state index is 0.00228. The standard InChI is InChI=1S/C17H22N2O4/c1-14(20)7-8-16(21)18-9-11-19(12-10-18)17(22)13-23-15-5-3-2-4-6-15/h2-6H,7-13H2,1H3. The van der Waals surface area contributed by atoms with Gasteiger partial charge in [0.25, 0.3) is 5.91 Å². The third-order valence-corrected chi connectivity index (χ3v) is 3.78. The molecule has 0 unspecified atom stereocenters. The van der Waals surface area contributed by atoms with Gasteiger partial charge < -0.3 is 19.3 Å². The molecule has 0 radical (unpaired) electrons. The average Bonchev–Trinajstić information content (AvgIpc) is 2.58. The molecule has 23 heavy (non-hydrogen) atoms. The minimum atomic E-state index is -0.0790. The number of para-hydroxylation sites is 1. The minimum Gasteiger partial charge on any atom is -0.484 e. The van der Waals surface area contributed by atoms with E-state index in [0.29, 0.717) is 31.9 Å². The number of nitrogens with zero attached hydrogens (tertiary/aromatic N) is 2. The lowest BCUT2D eigenvalue weighted by Gasteiger charge is -2.34. The van der Waals surface area contributed by atoms with Gasteiger partial charge in [0.05, 0.1) is 0 Å². The second-order valence-electron chi connectivity index (χ2n) is 5.57. The summed E-state index contributed by atoms with van der Waals surface area (Å²) in [4.78, 5) is 38.4. The van der Waals surface area contributed by atoms with E-state index in [1.807, 2.05) is 18.2 Å². The van der Waals surface area contributed by atoms with E-state index in [9.17, 15) is 14.4 Å². The molecule has 1 heterocycles. The molecular weight excluding hydrogens is 296 g/mol. The van der Waals surface area contributed by atoms with E-state index in [0.717, 1.165) is 0 Å². The van der Waals surface area contributed by atoms with Gasteiger partial charge >= 0.3 is 0 Å². The number of benzene rings is 1. The van der Waals surface area contributed by atoms with Gasteiger partial charge in [-0.25, -0.2) is 0 Å². The van der Waals surface area contributed by atoms with Crippen LogP contribution < -0.4 is 4.74 Å². The number of carbonyl (C=O) groups excluding carboxylic acids is 3. The van der Waals surface area contributed by atoms with Crippen LogP contribution in [0.25, 0.3) is 0 Å². The summed E-state index contributed by atoms with van der Waals surface area (Å²) < 4.78 is 5.45. The van der Waals surface area contributed by atoms with Crippen LogP contribution in [0.4, 0.5) is 0 Å².